The molecule has 1 aliphatic heterocycles. The fraction of sp³-hybridized carbons (Fsp3) is 0.591. The first-order valence-electron chi connectivity index (χ1n) is 10.4. The molecule has 1 unspecified atom stereocenters. The quantitative estimate of drug-likeness (QED) is 0.758. The van der Waals surface area contributed by atoms with E-state index in [-0.39, 0.29) is 42.9 Å². The second kappa shape index (κ2) is 9.25. The SMILES string of the molecule is CC(C)(C)OC(=O)NC(c1cccc(Cl)c1)C1CCC(N2CC(=O)NCC2=O)CC1. The summed E-state index contributed by atoms with van der Waals surface area (Å²) in [5.74, 6) is 0.0393. The van der Waals surface area contributed by atoms with Gasteiger partial charge in [0, 0.05) is 11.1 Å². The molecule has 164 valence electrons. The van der Waals surface area contributed by atoms with E-state index in [0.717, 1.165) is 31.2 Å². The molecule has 1 aromatic rings. The van der Waals surface area contributed by atoms with Crippen LogP contribution in [0, 0.1) is 5.92 Å². The van der Waals surface area contributed by atoms with Crippen molar-refractivity contribution in [3.05, 3.63) is 34.9 Å². The lowest BCUT2D eigenvalue weighted by molar-refractivity contribution is -0.143. The van der Waals surface area contributed by atoms with Crippen LogP contribution in [0.25, 0.3) is 0 Å². The maximum atomic E-state index is 12.5. The van der Waals surface area contributed by atoms with Gasteiger partial charge in [0.15, 0.2) is 0 Å². The Morgan fingerprint density at radius 2 is 1.93 bits per heavy atom. The number of carbonyl (C=O) groups is 3. The molecule has 0 radical (unpaired) electrons. The summed E-state index contributed by atoms with van der Waals surface area (Å²) in [5.41, 5.74) is 0.348. The normalized spacial score (nSPS) is 23.5. The van der Waals surface area contributed by atoms with Gasteiger partial charge in [-0.1, -0.05) is 23.7 Å². The molecule has 0 aromatic heterocycles. The van der Waals surface area contributed by atoms with E-state index in [2.05, 4.69) is 10.6 Å². The van der Waals surface area contributed by atoms with Crippen LogP contribution in [0.15, 0.2) is 24.3 Å². The van der Waals surface area contributed by atoms with Gasteiger partial charge in [-0.2, -0.15) is 0 Å². The summed E-state index contributed by atoms with van der Waals surface area (Å²) in [4.78, 5) is 38.1. The van der Waals surface area contributed by atoms with E-state index < -0.39 is 11.7 Å². The van der Waals surface area contributed by atoms with Crippen LogP contribution >= 0.6 is 11.6 Å². The summed E-state index contributed by atoms with van der Waals surface area (Å²) in [6.45, 7) is 5.69. The molecular formula is C22H30ClN3O4. The Hall–Kier alpha value is -2.28. The number of ether oxygens (including phenoxy) is 1. The Balaban J connectivity index is 1.70. The second-order valence-corrected chi connectivity index (χ2v) is 9.48. The number of alkyl carbamates (subject to hydrolysis) is 1. The van der Waals surface area contributed by atoms with E-state index in [4.69, 9.17) is 16.3 Å². The lowest BCUT2D eigenvalue weighted by Gasteiger charge is -2.40. The maximum Gasteiger partial charge on any atom is 0.408 e. The molecule has 1 aromatic carbocycles. The molecule has 1 saturated carbocycles. The zero-order chi connectivity index (χ0) is 21.9. The lowest BCUT2D eigenvalue weighted by Crippen LogP contribution is -2.56. The van der Waals surface area contributed by atoms with Crippen LogP contribution in [0.3, 0.4) is 0 Å². The largest absolute Gasteiger partial charge is 0.444 e. The number of halogens is 1. The summed E-state index contributed by atoms with van der Waals surface area (Å²) >= 11 is 6.20. The molecular weight excluding hydrogens is 406 g/mol. The third-order valence-corrected chi connectivity index (χ3v) is 5.84. The summed E-state index contributed by atoms with van der Waals surface area (Å²) < 4.78 is 5.47. The average molecular weight is 436 g/mol. The van der Waals surface area contributed by atoms with Crippen molar-refractivity contribution < 1.29 is 19.1 Å². The zero-order valence-electron chi connectivity index (χ0n) is 17.7. The molecule has 2 N–H and O–H groups in total. The van der Waals surface area contributed by atoms with Gasteiger partial charge in [-0.25, -0.2) is 4.79 Å². The van der Waals surface area contributed by atoms with Gasteiger partial charge in [0.2, 0.25) is 11.8 Å². The standard InChI is InChI=1S/C22H30ClN3O4/c1-22(2,3)30-21(29)25-20(15-5-4-6-16(23)11-15)14-7-9-17(10-8-14)26-13-18(27)24-12-19(26)28/h4-6,11,14,17,20H,7-10,12-13H2,1-3H3,(H,24,27)(H,25,29). The van der Waals surface area contributed by atoms with Gasteiger partial charge in [0.05, 0.1) is 19.1 Å². The van der Waals surface area contributed by atoms with Crippen molar-refractivity contribution in [2.24, 2.45) is 5.92 Å². The third-order valence-electron chi connectivity index (χ3n) is 5.60. The predicted molar refractivity (Wildman–Crippen MR) is 114 cm³/mol. The van der Waals surface area contributed by atoms with Crippen LogP contribution in [0.5, 0.6) is 0 Å². The molecule has 3 rings (SSSR count). The van der Waals surface area contributed by atoms with Crippen LogP contribution in [0.1, 0.15) is 58.1 Å². The Kier molecular flexibility index (Phi) is 6.91. The molecule has 3 amide bonds. The molecule has 7 nitrogen and oxygen atoms in total. The average Bonchev–Trinajstić information content (AvgIpc) is 2.67. The van der Waals surface area contributed by atoms with Gasteiger partial charge in [-0.15, -0.1) is 0 Å². The Bertz CT molecular complexity index is 800. The molecule has 1 heterocycles. The molecule has 1 saturated heterocycles. The van der Waals surface area contributed by atoms with Crippen LogP contribution in [0.4, 0.5) is 4.79 Å². The molecule has 1 atom stereocenters. The predicted octanol–water partition coefficient (Wildman–Crippen LogP) is 3.42. The fourth-order valence-electron chi connectivity index (χ4n) is 4.26. The number of benzene rings is 1. The second-order valence-electron chi connectivity index (χ2n) is 9.05. The smallest absolute Gasteiger partial charge is 0.408 e. The van der Waals surface area contributed by atoms with Gasteiger partial charge < -0.3 is 20.3 Å². The first kappa shape index (κ1) is 22.4. The molecule has 1 aliphatic carbocycles. The molecule has 30 heavy (non-hydrogen) atoms. The number of nitrogens with zero attached hydrogens (tertiary/aromatic N) is 1. The lowest BCUT2D eigenvalue weighted by atomic mass is 9.78. The highest BCUT2D eigenvalue weighted by Gasteiger charge is 2.36. The first-order chi connectivity index (χ1) is 14.1. The van der Waals surface area contributed by atoms with Gasteiger partial charge >= 0.3 is 6.09 Å². The topological polar surface area (TPSA) is 87.7 Å². The highest BCUT2D eigenvalue weighted by atomic mass is 35.5. The number of carbonyl (C=O) groups excluding carboxylic acids is 3. The van der Waals surface area contributed by atoms with Gasteiger partial charge in [-0.05, 0) is 70.1 Å². The summed E-state index contributed by atoms with van der Waals surface area (Å²) in [6, 6.07) is 7.32. The minimum atomic E-state index is -0.587. The highest BCUT2D eigenvalue weighted by Crippen LogP contribution is 2.37. The van der Waals surface area contributed by atoms with Gasteiger partial charge in [0.1, 0.15) is 5.60 Å². The van der Waals surface area contributed by atoms with E-state index >= 15 is 0 Å². The number of hydrogen-bond acceptors (Lipinski definition) is 4. The summed E-state index contributed by atoms with van der Waals surface area (Å²) in [7, 11) is 0. The Morgan fingerprint density at radius 3 is 2.57 bits per heavy atom. The molecule has 2 fully saturated rings. The van der Waals surface area contributed by atoms with Crippen molar-refractivity contribution >= 4 is 29.5 Å². The number of hydrogen-bond donors (Lipinski definition) is 2. The maximum absolute atomic E-state index is 12.5. The van der Waals surface area contributed by atoms with E-state index in [1.54, 1.807) is 11.0 Å². The van der Waals surface area contributed by atoms with E-state index in [9.17, 15) is 14.4 Å². The van der Waals surface area contributed by atoms with Crippen LogP contribution in [-0.4, -0.2) is 47.5 Å². The zero-order valence-corrected chi connectivity index (χ0v) is 18.5. The fourth-order valence-corrected chi connectivity index (χ4v) is 4.46. The van der Waals surface area contributed by atoms with Crippen molar-refractivity contribution in [1.82, 2.24) is 15.5 Å². The van der Waals surface area contributed by atoms with Crippen LogP contribution in [0.2, 0.25) is 5.02 Å². The molecule has 8 heteroatoms. The minimum Gasteiger partial charge on any atom is -0.444 e. The van der Waals surface area contributed by atoms with E-state index in [1.165, 1.54) is 0 Å². The van der Waals surface area contributed by atoms with Crippen molar-refractivity contribution in [2.75, 3.05) is 13.1 Å². The van der Waals surface area contributed by atoms with Crippen molar-refractivity contribution in [1.29, 1.82) is 0 Å². The molecule has 0 bridgehead atoms. The van der Waals surface area contributed by atoms with Crippen molar-refractivity contribution in [2.45, 2.75) is 64.1 Å². The Morgan fingerprint density at radius 1 is 1.23 bits per heavy atom. The number of nitrogens with one attached hydrogen (secondary N) is 2. The monoisotopic (exact) mass is 435 g/mol. The van der Waals surface area contributed by atoms with E-state index in [0.29, 0.717) is 5.02 Å². The van der Waals surface area contributed by atoms with Gasteiger partial charge in [-0.3, -0.25) is 9.59 Å². The summed E-state index contributed by atoms with van der Waals surface area (Å²) in [5, 5.41) is 6.24. The van der Waals surface area contributed by atoms with Crippen molar-refractivity contribution in [3.63, 3.8) is 0 Å². The van der Waals surface area contributed by atoms with Crippen LogP contribution in [-0.2, 0) is 14.3 Å². The molecule has 0 spiro atoms. The minimum absolute atomic E-state index is 0.0312. The highest BCUT2D eigenvalue weighted by molar-refractivity contribution is 6.30. The molecule has 2 aliphatic rings. The third kappa shape index (κ3) is 5.88. The van der Waals surface area contributed by atoms with E-state index in [1.807, 2.05) is 39.0 Å². The van der Waals surface area contributed by atoms with Crippen LogP contribution < -0.4 is 10.6 Å². The first-order valence-corrected chi connectivity index (χ1v) is 10.8. The van der Waals surface area contributed by atoms with Crippen molar-refractivity contribution in [3.8, 4) is 0 Å². The number of amides is 3. The number of rotatable bonds is 4. The summed E-state index contributed by atoms with van der Waals surface area (Å²) in [6.07, 6.45) is 2.76. The Labute approximate surface area is 182 Å². The van der Waals surface area contributed by atoms with Gasteiger partial charge in [0.25, 0.3) is 0 Å². The number of piperazine rings is 1.